The number of aromatic nitrogens is 3. The largest absolute Gasteiger partial charge is 0.456 e. The van der Waals surface area contributed by atoms with Crippen molar-refractivity contribution in [1.82, 2.24) is 15.0 Å². The number of benzene rings is 5. The fourth-order valence-electron chi connectivity index (χ4n) is 6.14. The van der Waals surface area contributed by atoms with Crippen molar-refractivity contribution in [3.8, 4) is 45.3 Å². The SMILES string of the molecule is C/C=C\C=C(/C)CN(C)c1ccc(-c2ccc3oc4cccc(-c5nc(-c6ccccc6)nc(-c6ccccc6)n5)c4c3c2)cc1NC. The number of likely N-dealkylation sites (N-methyl/N-ethyl adjacent to an activating group) is 1. The van der Waals surface area contributed by atoms with Gasteiger partial charge in [0.2, 0.25) is 0 Å². The fourth-order valence-corrected chi connectivity index (χ4v) is 6.14. The van der Waals surface area contributed by atoms with Crippen molar-refractivity contribution in [2.45, 2.75) is 13.8 Å². The number of furan rings is 1. The summed E-state index contributed by atoms with van der Waals surface area (Å²) in [6, 6.07) is 39.1. The van der Waals surface area contributed by atoms with E-state index in [1.54, 1.807) is 0 Å². The van der Waals surface area contributed by atoms with E-state index in [2.05, 4.69) is 78.8 Å². The van der Waals surface area contributed by atoms with E-state index < -0.39 is 0 Å². The Hall–Kier alpha value is -6.01. The van der Waals surface area contributed by atoms with Crippen LogP contribution in [-0.4, -0.2) is 35.6 Å². The van der Waals surface area contributed by atoms with Gasteiger partial charge in [0.05, 0.1) is 11.4 Å². The van der Waals surface area contributed by atoms with Crippen LogP contribution in [0.1, 0.15) is 13.8 Å². The molecule has 6 heteroatoms. The first-order chi connectivity index (χ1) is 23.5. The molecule has 6 nitrogen and oxygen atoms in total. The number of rotatable bonds is 9. The molecule has 0 fully saturated rings. The molecule has 0 aliphatic rings. The molecule has 0 aliphatic heterocycles. The van der Waals surface area contributed by atoms with Crippen molar-refractivity contribution in [3.63, 3.8) is 0 Å². The molecule has 0 radical (unpaired) electrons. The Balaban J connectivity index is 1.34. The first kappa shape index (κ1) is 30.6. The van der Waals surface area contributed by atoms with E-state index in [0.29, 0.717) is 17.5 Å². The van der Waals surface area contributed by atoms with E-state index in [4.69, 9.17) is 19.4 Å². The van der Waals surface area contributed by atoms with Crippen LogP contribution in [0.4, 0.5) is 11.4 Å². The molecule has 48 heavy (non-hydrogen) atoms. The summed E-state index contributed by atoms with van der Waals surface area (Å²) in [6.45, 7) is 5.03. The van der Waals surface area contributed by atoms with Crippen LogP contribution in [-0.2, 0) is 0 Å². The Morgan fingerprint density at radius 1 is 0.708 bits per heavy atom. The molecular weight excluding hydrogens is 590 g/mol. The van der Waals surface area contributed by atoms with Gasteiger partial charge in [-0.2, -0.15) is 0 Å². The Morgan fingerprint density at radius 3 is 2.02 bits per heavy atom. The van der Waals surface area contributed by atoms with Gasteiger partial charge in [0.1, 0.15) is 11.2 Å². The van der Waals surface area contributed by atoms with Gasteiger partial charge < -0.3 is 14.6 Å². The van der Waals surface area contributed by atoms with Gasteiger partial charge in [0, 0.05) is 48.1 Å². The predicted octanol–water partition coefficient (Wildman–Crippen LogP) is 10.4. The van der Waals surface area contributed by atoms with E-state index >= 15 is 0 Å². The minimum Gasteiger partial charge on any atom is -0.456 e. The van der Waals surface area contributed by atoms with Crippen molar-refractivity contribution in [1.29, 1.82) is 0 Å². The molecule has 0 spiro atoms. The molecule has 1 N–H and O–H groups in total. The summed E-state index contributed by atoms with van der Waals surface area (Å²) in [6.07, 6.45) is 6.29. The lowest BCUT2D eigenvalue weighted by Crippen LogP contribution is -2.20. The zero-order valence-electron chi connectivity index (χ0n) is 27.6. The number of hydrogen-bond donors (Lipinski definition) is 1. The van der Waals surface area contributed by atoms with Crippen LogP contribution in [0.2, 0.25) is 0 Å². The Bertz CT molecular complexity index is 2230. The minimum atomic E-state index is 0.602. The van der Waals surface area contributed by atoms with Gasteiger partial charge in [0.15, 0.2) is 17.5 Å². The van der Waals surface area contributed by atoms with E-state index in [1.807, 2.05) is 92.8 Å². The van der Waals surface area contributed by atoms with Crippen LogP contribution in [0.15, 0.2) is 143 Å². The minimum absolute atomic E-state index is 0.602. The van der Waals surface area contributed by atoms with Crippen LogP contribution < -0.4 is 10.2 Å². The number of nitrogens with zero attached hydrogens (tertiary/aromatic N) is 4. The van der Waals surface area contributed by atoms with Crippen molar-refractivity contribution in [2.24, 2.45) is 0 Å². The number of fused-ring (bicyclic) bond motifs is 3. The lowest BCUT2D eigenvalue weighted by atomic mass is 9.99. The second-order valence-corrected chi connectivity index (χ2v) is 11.9. The van der Waals surface area contributed by atoms with Crippen molar-refractivity contribution in [2.75, 3.05) is 30.9 Å². The highest BCUT2D eigenvalue weighted by Crippen LogP contribution is 2.39. The predicted molar refractivity (Wildman–Crippen MR) is 200 cm³/mol. The Labute approximate surface area is 281 Å². The van der Waals surface area contributed by atoms with E-state index in [9.17, 15) is 0 Å². The first-order valence-electron chi connectivity index (χ1n) is 16.2. The standard InChI is InChI=1S/C42H37N5O/c1-5-6-14-28(2)27-47(4)36-23-21-32(26-35(36)43-3)31-22-24-37-34(25-31)39-33(19-13-20-38(39)48-37)42-45-40(29-15-9-7-10-16-29)44-41(46-42)30-17-11-8-12-18-30/h5-26,43H,27H2,1-4H3/b6-5-,28-14+. The average Bonchev–Trinajstić information content (AvgIpc) is 3.52. The van der Waals surface area contributed by atoms with Gasteiger partial charge in [0.25, 0.3) is 0 Å². The maximum absolute atomic E-state index is 6.40. The third kappa shape index (κ3) is 6.08. The molecule has 0 atom stereocenters. The molecule has 0 aliphatic carbocycles. The lowest BCUT2D eigenvalue weighted by Gasteiger charge is -2.23. The first-order valence-corrected chi connectivity index (χ1v) is 16.2. The average molecular weight is 628 g/mol. The molecule has 236 valence electrons. The normalized spacial score (nSPS) is 11.9. The summed E-state index contributed by atoms with van der Waals surface area (Å²) in [7, 11) is 4.10. The molecule has 5 aromatic carbocycles. The molecule has 2 aromatic heterocycles. The van der Waals surface area contributed by atoms with Crippen LogP contribution in [0.3, 0.4) is 0 Å². The lowest BCUT2D eigenvalue weighted by molar-refractivity contribution is 0.669. The Kier molecular flexibility index (Phi) is 8.54. The third-order valence-electron chi connectivity index (χ3n) is 8.51. The zero-order valence-corrected chi connectivity index (χ0v) is 27.6. The van der Waals surface area contributed by atoms with Gasteiger partial charge in [-0.25, -0.2) is 15.0 Å². The van der Waals surface area contributed by atoms with Crippen molar-refractivity contribution < 1.29 is 4.42 Å². The summed E-state index contributed by atoms with van der Waals surface area (Å²) in [5.74, 6) is 1.86. The summed E-state index contributed by atoms with van der Waals surface area (Å²) >= 11 is 0. The third-order valence-corrected chi connectivity index (χ3v) is 8.51. The highest BCUT2D eigenvalue weighted by atomic mass is 16.3. The quantitative estimate of drug-likeness (QED) is 0.161. The second kappa shape index (κ2) is 13.4. The molecule has 0 saturated carbocycles. The fraction of sp³-hybridized carbons (Fsp3) is 0.119. The van der Waals surface area contributed by atoms with Crippen LogP contribution in [0.25, 0.3) is 67.2 Å². The number of anilines is 2. The molecular formula is C42H37N5O. The van der Waals surface area contributed by atoms with E-state index in [-0.39, 0.29) is 0 Å². The molecule has 0 amide bonds. The number of allylic oxidation sites excluding steroid dienone is 3. The van der Waals surface area contributed by atoms with Gasteiger partial charge in [-0.05, 0) is 55.3 Å². The van der Waals surface area contributed by atoms with Crippen LogP contribution >= 0.6 is 0 Å². The van der Waals surface area contributed by atoms with Gasteiger partial charge in [-0.3, -0.25) is 0 Å². The highest BCUT2D eigenvalue weighted by Gasteiger charge is 2.18. The molecule has 0 unspecified atom stereocenters. The van der Waals surface area contributed by atoms with E-state index in [0.717, 1.165) is 67.7 Å². The molecule has 7 rings (SSSR count). The molecule has 0 bridgehead atoms. The highest BCUT2D eigenvalue weighted by molar-refractivity contribution is 6.12. The summed E-state index contributed by atoms with van der Waals surface area (Å²) in [4.78, 5) is 17.2. The topological polar surface area (TPSA) is 67.1 Å². The van der Waals surface area contributed by atoms with Crippen molar-refractivity contribution in [3.05, 3.63) is 139 Å². The summed E-state index contributed by atoms with van der Waals surface area (Å²) in [5, 5.41) is 5.41. The smallest absolute Gasteiger partial charge is 0.164 e. The maximum atomic E-state index is 6.40. The summed E-state index contributed by atoms with van der Waals surface area (Å²) in [5.41, 5.74) is 10.1. The molecule has 0 saturated heterocycles. The van der Waals surface area contributed by atoms with Gasteiger partial charge in [-0.15, -0.1) is 0 Å². The summed E-state index contributed by atoms with van der Waals surface area (Å²) < 4.78 is 6.40. The number of hydrogen-bond acceptors (Lipinski definition) is 6. The van der Waals surface area contributed by atoms with Crippen molar-refractivity contribution >= 4 is 33.3 Å². The number of nitrogens with one attached hydrogen (secondary N) is 1. The zero-order chi connectivity index (χ0) is 33.0. The maximum Gasteiger partial charge on any atom is 0.164 e. The van der Waals surface area contributed by atoms with E-state index in [1.165, 1.54) is 5.57 Å². The van der Waals surface area contributed by atoms with Crippen LogP contribution in [0.5, 0.6) is 0 Å². The Morgan fingerprint density at radius 2 is 1.35 bits per heavy atom. The van der Waals surface area contributed by atoms with Gasteiger partial charge >= 0.3 is 0 Å². The van der Waals surface area contributed by atoms with Gasteiger partial charge in [-0.1, -0.05) is 109 Å². The molecule has 2 heterocycles. The van der Waals surface area contributed by atoms with Crippen LogP contribution in [0, 0.1) is 0 Å². The monoisotopic (exact) mass is 627 g/mol. The molecule has 7 aromatic rings. The second-order valence-electron chi connectivity index (χ2n) is 11.9.